The Morgan fingerprint density at radius 3 is 2.94 bits per heavy atom. The summed E-state index contributed by atoms with van der Waals surface area (Å²) in [5, 5.41) is 15.2. The molecule has 0 aliphatic heterocycles. The standard InChI is InChI=1S/C11H16N4S2/c1-12-11-14-13-10(17-11)8-15(2)6-5-9-4-3-7-16-9/h3-4,7H,5-6,8H2,1-2H3,(H,12,14). The van der Waals surface area contributed by atoms with E-state index in [0.717, 1.165) is 29.6 Å². The van der Waals surface area contributed by atoms with Crippen molar-refractivity contribution in [1.82, 2.24) is 15.1 Å². The van der Waals surface area contributed by atoms with E-state index in [1.165, 1.54) is 4.88 Å². The van der Waals surface area contributed by atoms with Gasteiger partial charge < -0.3 is 5.32 Å². The topological polar surface area (TPSA) is 41.1 Å². The number of thiophene rings is 1. The van der Waals surface area contributed by atoms with E-state index in [9.17, 15) is 0 Å². The first-order valence-electron chi connectivity index (χ1n) is 5.49. The van der Waals surface area contributed by atoms with Gasteiger partial charge in [-0.25, -0.2) is 0 Å². The van der Waals surface area contributed by atoms with Gasteiger partial charge in [0.05, 0.1) is 6.54 Å². The minimum atomic E-state index is 0.866. The van der Waals surface area contributed by atoms with Gasteiger partial charge >= 0.3 is 0 Å². The minimum absolute atomic E-state index is 0.866. The zero-order chi connectivity index (χ0) is 12.1. The number of hydrogen-bond acceptors (Lipinski definition) is 6. The van der Waals surface area contributed by atoms with Crippen LogP contribution in [0.5, 0.6) is 0 Å². The molecule has 0 atom stereocenters. The van der Waals surface area contributed by atoms with Crippen molar-refractivity contribution in [3.63, 3.8) is 0 Å². The average molecular weight is 268 g/mol. The summed E-state index contributed by atoms with van der Waals surface area (Å²) in [7, 11) is 3.98. The molecule has 0 saturated heterocycles. The lowest BCUT2D eigenvalue weighted by Crippen LogP contribution is -2.20. The Morgan fingerprint density at radius 1 is 1.41 bits per heavy atom. The van der Waals surface area contributed by atoms with Gasteiger partial charge in [-0.05, 0) is 24.9 Å². The summed E-state index contributed by atoms with van der Waals surface area (Å²) in [5.41, 5.74) is 0. The van der Waals surface area contributed by atoms with E-state index in [1.807, 2.05) is 18.4 Å². The Hall–Kier alpha value is -0.980. The van der Waals surface area contributed by atoms with E-state index in [4.69, 9.17) is 0 Å². The molecule has 2 aromatic heterocycles. The summed E-state index contributed by atoms with van der Waals surface area (Å²) >= 11 is 3.43. The summed E-state index contributed by atoms with van der Waals surface area (Å²) in [6.07, 6.45) is 1.10. The molecule has 0 bridgehead atoms. The second-order valence-electron chi connectivity index (χ2n) is 3.82. The highest BCUT2D eigenvalue weighted by Crippen LogP contribution is 2.16. The molecule has 0 radical (unpaired) electrons. The van der Waals surface area contributed by atoms with Crippen molar-refractivity contribution >= 4 is 27.8 Å². The number of rotatable bonds is 6. The molecule has 2 rings (SSSR count). The van der Waals surface area contributed by atoms with Gasteiger partial charge in [0.15, 0.2) is 0 Å². The van der Waals surface area contributed by atoms with Gasteiger partial charge in [-0.3, -0.25) is 4.90 Å². The third-order valence-corrected chi connectivity index (χ3v) is 4.27. The highest BCUT2D eigenvalue weighted by Gasteiger charge is 2.06. The van der Waals surface area contributed by atoms with Gasteiger partial charge in [-0.15, -0.1) is 21.5 Å². The fourth-order valence-electron chi connectivity index (χ4n) is 1.48. The first-order valence-corrected chi connectivity index (χ1v) is 7.18. The van der Waals surface area contributed by atoms with Crippen LogP contribution in [0.15, 0.2) is 17.5 Å². The van der Waals surface area contributed by atoms with Crippen LogP contribution in [0.25, 0.3) is 0 Å². The van der Waals surface area contributed by atoms with E-state index in [1.54, 1.807) is 11.3 Å². The Balaban J connectivity index is 1.78. The van der Waals surface area contributed by atoms with Crippen molar-refractivity contribution in [2.75, 3.05) is 26.0 Å². The molecule has 0 aromatic carbocycles. The lowest BCUT2D eigenvalue weighted by Gasteiger charge is -2.13. The van der Waals surface area contributed by atoms with Gasteiger partial charge in [-0.1, -0.05) is 17.4 Å². The number of aromatic nitrogens is 2. The normalized spacial score (nSPS) is 11.0. The van der Waals surface area contributed by atoms with Crippen LogP contribution in [0.2, 0.25) is 0 Å². The quantitative estimate of drug-likeness (QED) is 0.873. The molecular formula is C11H16N4S2. The van der Waals surface area contributed by atoms with Gasteiger partial charge in [0.25, 0.3) is 0 Å². The maximum Gasteiger partial charge on any atom is 0.205 e. The van der Waals surface area contributed by atoms with E-state index >= 15 is 0 Å². The lowest BCUT2D eigenvalue weighted by atomic mass is 10.3. The van der Waals surface area contributed by atoms with E-state index in [2.05, 4.69) is 45.0 Å². The van der Waals surface area contributed by atoms with Crippen LogP contribution in [0.4, 0.5) is 5.13 Å². The van der Waals surface area contributed by atoms with Crippen LogP contribution in [-0.2, 0) is 13.0 Å². The molecule has 2 aromatic rings. The molecule has 0 spiro atoms. The molecule has 0 amide bonds. The predicted octanol–water partition coefficient (Wildman–Crippen LogP) is 2.32. The summed E-state index contributed by atoms with van der Waals surface area (Å²) in [5.74, 6) is 0. The molecule has 0 aliphatic rings. The SMILES string of the molecule is CNc1nnc(CN(C)CCc2cccs2)s1. The molecule has 6 heteroatoms. The Labute approximate surface area is 109 Å². The fraction of sp³-hybridized carbons (Fsp3) is 0.455. The average Bonchev–Trinajstić information content (AvgIpc) is 2.97. The number of anilines is 1. The van der Waals surface area contributed by atoms with Gasteiger partial charge in [0.2, 0.25) is 5.13 Å². The number of nitrogens with zero attached hydrogens (tertiary/aromatic N) is 3. The van der Waals surface area contributed by atoms with Gasteiger partial charge in [-0.2, -0.15) is 0 Å². The van der Waals surface area contributed by atoms with Crippen LogP contribution in [-0.4, -0.2) is 35.7 Å². The Bertz CT molecular complexity index is 438. The monoisotopic (exact) mass is 268 g/mol. The zero-order valence-electron chi connectivity index (χ0n) is 10.0. The van der Waals surface area contributed by atoms with Crippen molar-refractivity contribution in [2.45, 2.75) is 13.0 Å². The fourth-order valence-corrected chi connectivity index (χ4v) is 2.96. The molecular weight excluding hydrogens is 252 g/mol. The molecule has 1 N–H and O–H groups in total. The van der Waals surface area contributed by atoms with E-state index in [-0.39, 0.29) is 0 Å². The highest BCUT2D eigenvalue weighted by atomic mass is 32.1. The third kappa shape index (κ3) is 3.76. The maximum atomic E-state index is 4.14. The van der Waals surface area contributed by atoms with Crippen LogP contribution < -0.4 is 5.32 Å². The van der Waals surface area contributed by atoms with E-state index in [0.29, 0.717) is 0 Å². The molecule has 0 aliphatic carbocycles. The van der Waals surface area contributed by atoms with Crippen molar-refractivity contribution in [3.8, 4) is 0 Å². The molecule has 4 nitrogen and oxygen atoms in total. The van der Waals surface area contributed by atoms with Gasteiger partial charge in [0, 0.05) is 18.5 Å². The Kier molecular flexibility index (Phi) is 4.47. The van der Waals surface area contributed by atoms with E-state index < -0.39 is 0 Å². The highest BCUT2D eigenvalue weighted by molar-refractivity contribution is 7.15. The first-order chi connectivity index (χ1) is 8.28. The Morgan fingerprint density at radius 2 is 2.29 bits per heavy atom. The van der Waals surface area contributed by atoms with Crippen molar-refractivity contribution in [3.05, 3.63) is 27.4 Å². The van der Waals surface area contributed by atoms with Gasteiger partial charge in [0.1, 0.15) is 5.01 Å². The van der Waals surface area contributed by atoms with Crippen molar-refractivity contribution < 1.29 is 0 Å². The molecule has 0 fully saturated rings. The summed E-state index contributed by atoms with van der Waals surface area (Å²) in [6, 6.07) is 4.28. The summed E-state index contributed by atoms with van der Waals surface area (Å²) in [6.45, 7) is 1.92. The van der Waals surface area contributed by atoms with Crippen LogP contribution >= 0.6 is 22.7 Å². The van der Waals surface area contributed by atoms with Crippen LogP contribution in [0, 0.1) is 0 Å². The number of nitrogens with one attached hydrogen (secondary N) is 1. The lowest BCUT2D eigenvalue weighted by molar-refractivity contribution is 0.330. The predicted molar refractivity (Wildman–Crippen MR) is 73.8 cm³/mol. The summed E-state index contributed by atoms with van der Waals surface area (Å²) < 4.78 is 0. The van der Waals surface area contributed by atoms with Crippen LogP contribution in [0.1, 0.15) is 9.88 Å². The molecule has 17 heavy (non-hydrogen) atoms. The van der Waals surface area contributed by atoms with Crippen molar-refractivity contribution in [2.24, 2.45) is 0 Å². The largest absolute Gasteiger partial charge is 0.363 e. The molecule has 2 heterocycles. The van der Waals surface area contributed by atoms with Crippen LogP contribution in [0.3, 0.4) is 0 Å². The van der Waals surface area contributed by atoms with Crippen molar-refractivity contribution in [1.29, 1.82) is 0 Å². The summed E-state index contributed by atoms with van der Waals surface area (Å²) in [4.78, 5) is 3.71. The maximum absolute atomic E-state index is 4.14. The third-order valence-electron chi connectivity index (χ3n) is 2.41. The number of likely N-dealkylation sites (N-methyl/N-ethyl adjacent to an activating group) is 1. The molecule has 0 unspecified atom stereocenters. The first kappa shape index (κ1) is 12.5. The minimum Gasteiger partial charge on any atom is -0.363 e. The smallest absolute Gasteiger partial charge is 0.205 e. The molecule has 0 saturated carbocycles. The number of hydrogen-bond donors (Lipinski definition) is 1. The second-order valence-corrected chi connectivity index (χ2v) is 5.91. The zero-order valence-corrected chi connectivity index (χ0v) is 11.6. The second kappa shape index (κ2) is 6.09. The molecule has 92 valence electrons.